The molecular formula is C18H19Cl2N3O. The third kappa shape index (κ3) is 3.72. The summed E-state index contributed by atoms with van der Waals surface area (Å²) in [6.45, 7) is 5.18. The Balaban J connectivity index is 1.64. The molecule has 0 saturated carbocycles. The van der Waals surface area contributed by atoms with Crippen LogP contribution in [0.3, 0.4) is 0 Å². The van der Waals surface area contributed by atoms with E-state index in [2.05, 4.69) is 41.1 Å². The monoisotopic (exact) mass is 363 g/mol. The van der Waals surface area contributed by atoms with Gasteiger partial charge in [-0.2, -0.15) is 0 Å². The lowest BCUT2D eigenvalue weighted by atomic mass is 10.1. The van der Waals surface area contributed by atoms with Gasteiger partial charge in [-0.25, -0.2) is 4.98 Å². The predicted molar refractivity (Wildman–Crippen MR) is 96.6 cm³/mol. The van der Waals surface area contributed by atoms with Gasteiger partial charge in [-0.15, -0.1) is 0 Å². The smallest absolute Gasteiger partial charge is 0.257 e. The van der Waals surface area contributed by atoms with E-state index < -0.39 is 0 Å². The Morgan fingerprint density at radius 2 is 1.79 bits per heavy atom. The fourth-order valence-electron chi connectivity index (χ4n) is 3.00. The number of amides is 1. The quantitative estimate of drug-likeness (QED) is 0.775. The van der Waals surface area contributed by atoms with Gasteiger partial charge in [0.05, 0.1) is 10.6 Å². The van der Waals surface area contributed by atoms with Gasteiger partial charge < -0.3 is 4.90 Å². The van der Waals surface area contributed by atoms with Gasteiger partial charge in [-0.05, 0) is 18.6 Å². The minimum Gasteiger partial charge on any atom is -0.336 e. The van der Waals surface area contributed by atoms with Crippen molar-refractivity contribution < 1.29 is 4.79 Å². The van der Waals surface area contributed by atoms with E-state index in [-0.39, 0.29) is 11.1 Å². The van der Waals surface area contributed by atoms with Crippen LogP contribution in [0.25, 0.3) is 0 Å². The van der Waals surface area contributed by atoms with Crippen LogP contribution >= 0.6 is 23.2 Å². The van der Waals surface area contributed by atoms with E-state index in [4.69, 9.17) is 23.2 Å². The van der Waals surface area contributed by atoms with Crippen LogP contribution in [0.5, 0.6) is 0 Å². The molecule has 2 heterocycles. The van der Waals surface area contributed by atoms with Crippen molar-refractivity contribution in [2.75, 3.05) is 26.2 Å². The van der Waals surface area contributed by atoms with Crippen molar-refractivity contribution >= 4 is 29.1 Å². The highest BCUT2D eigenvalue weighted by Crippen LogP contribution is 2.23. The largest absolute Gasteiger partial charge is 0.336 e. The van der Waals surface area contributed by atoms with Crippen molar-refractivity contribution in [3.8, 4) is 0 Å². The summed E-state index contributed by atoms with van der Waals surface area (Å²) >= 11 is 12.0. The number of rotatable bonds is 3. The molecule has 3 rings (SSSR count). The molecular weight excluding hydrogens is 345 g/mol. The average molecular weight is 364 g/mol. The summed E-state index contributed by atoms with van der Waals surface area (Å²) in [5.74, 6) is -0.109. The van der Waals surface area contributed by atoms with E-state index in [0.717, 1.165) is 13.1 Å². The second kappa shape index (κ2) is 7.51. The number of aromatic nitrogens is 1. The maximum absolute atomic E-state index is 12.6. The van der Waals surface area contributed by atoms with Crippen molar-refractivity contribution in [1.82, 2.24) is 14.8 Å². The van der Waals surface area contributed by atoms with E-state index in [1.165, 1.54) is 11.8 Å². The summed E-state index contributed by atoms with van der Waals surface area (Å²) in [5, 5.41) is 0.614. The van der Waals surface area contributed by atoms with Crippen LogP contribution in [-0.2, 0) is 0 Å². The third-order valence-corrected chi connectivity index (χ3v) is 4.98. The van der Waals surface area contributed by atoms with Crippen molar-refractivity contribution in [2.45, 2.75) is 13.0 Å². The number of benzene rings is 1. The Kier molecular flexibility index (Phi) is 5.39. The fourth-order valence-corrected chi connectivity index (χ4v) is 3.34. The van der Waals surface area contributed by atoms with Crippen LogP contribution < -0.4 is 0 Å². The number of pyridine rings is 1. The maximum Gasteiger partial charge on any atom is 0.257 e. The molecule has 24 heavy (non-hydrogen) atoms. The molecule has 1 aromatic carbocycles. The molecule has 1 aromatic heterocycles. The molecule has 1 aliphatic rings. The average Bonchev–Trinajstić information content (AvgIpc) is 2.63. The van der Waals surface area contributed by atoms with Gasteiger partial charge in [0.25, 0.3) is 5.91 Å². The summed E-state index contributed by atoms with van der Waals surface area (Å²) in [4.78, 5) is 20.8. The van der Waals surface area contributed by atoms with Crippen LogP contribution in [0.2, 0.25) is 10.2 Å². The first kappa shape index (κ1) is 17.2. The minimum atomic E-state index is -0.109. The van der Waals surface area contributed by atoms with Crippen molar-refractivity contribution in [1.29, 1.82) is 0 Å². The number of nitrogens with zero attached hydrogens (tertiary/aromatic N) is 3. The first-order valence-corrected chi connectivity index (χ1v) is 8.71. The lowest BCUT2D eigenvalue weighted by Crippen LogP contribution is -2.49. The third-order valence-electron chi connectivity index (χ3n) is 4.47. The zero-order valence-electron chi connectivity index (χ0n) is 13.5. The number of hydrogen-bond acceptors (Lipinski definition) is 3. The summed E-state index contributed by atoms with van der Waals surface area (Å²) in [5.41, 5.74) is 1.66. The molecule has 0 unspecified atom stereocenters. The fraction of sp³-hybridized carbons (Fsp3) is 0.333. The first-order valence-electron chi connectivity index (χ1n) is 7.95. The van der Waals surface area contributed by atoms with Gasteiger partial charge >= 0.3 is 0 Å². The standard InChI is InChI=1S/C18H19Cl2N3O/c1-13(14-5-3-2-4-6-14)22-7-9-23(10-8-22)18(24)16-11-15(19)12-21-17(16)20/h2-6,11-13H,7-10H2,1H3/t13-/m1/s1. The highest BCUT2D eigenvalue weighted by Gasteiger charge is 2.26. The van der Waals surface area contributed by atoms with Gasteiger partial charge in [-0.3, -0.25) is 9.69 Å². The Morgan fingerprint density at radius 3 is 2.46 bits per heavy atom. The predicted octanol–water partition coefficient (Wildman–Crippen LogP) is 3.91. The maximum atomic E-state index is 12.6. The van der Waals surface area contributed by atoms with Crippen LogP contribution in [0.15, 0.2) is 42.6 Å². The molecule has 1 amide bonds. The SMILES string of the molecule is C[C@H](c1ccccc1)N1CCN(C(=O)c2cc(Cl)cnc2Cl)CC1. The van der Waals surface area contributed by atoms with Crippen molar-refractivity contribution in [3.05, 3.63) is 63.9 Å². The summed E-state index contributed by atoms with van der Waals surface area (Å²) in [7, 11) is 0. The highest BCUT2D eigenvalue weighted by atomic mass is 35.5. The van der Waals surface area contributed by atoms with E-state index in [0.29, 0.717) is 29.7 Å². The van der Waals surface area contributed by atoms with Crippen LogP contribution in [0, 0.1) is 0 Å². The Morgan fingerprint density at radius 1 is 1.12 bits per heavy atom. The second-order valence-corrected chi connectivity index (χ2v) is 6.70. The molecule has 0 N–H and O–H groups in total. The molecule has 4 nitrogen and oxygen atoms in total. The number of carbonyl (C=O) groups excluding carboxylic acids is 1. The van der Waals surface area contributed by atoms with Crippen LogP contribution in [-0.4, -0.2) is 46.9 Å². The minimum absolute atomic E-state index is 0.109. The van der Waals surface area contributed by atoms with Gasteiger partial charge in [0.15, 0.2) is 0 Å². The Bertz CT molecular complexity index is 715. The molecule has 0 aliphatic carbocycles. The summed E-state index contributed by atoms with van der Waals surface area (Å²) < 4.78 is 0. The molecule has 0 bridgehead atoms. The van der Waals surface area contributed by atoms with Gasteiger partial charge in [0.2, 0.25) is 0 Å². The number of carbonyl (C=O) groups is 1. The lowest BCUT2D eigenvalue weighted by molar-refractivity contribution is 0.0582. The van der Waals surface area contributed by atoms with Crippen LogP contribution in [0.4, 0.5) is 0 Å². The first-order chi connectivity index (χ1) is 11.6. The highest BCUT2D eigenvalue weighted by molar-refractivity contribution is 6.34. The van der Waals surface area contributed by atoms with Gasteiger partial charge in [0.1, 0.15) is 5.15 Å². The Labute approximate surface area is 152 Å². The van der Waals surface area contributed by atoms with Gasteiger partial charge in [-0.1, -0.05) is 53.5 Å². The van der Waals surface area contributed by atoms with E-state index in [1.807, 2.05) is 11.0 Å². The second-order valence-electron chi connectivity index (χ2n) is 5.91. The molecule has 1 saturated heterocycles. The number of hydrogen-bond donors (Lipinski definition) is 0. The molecule has 6 heteroatoms. The lowest BCUT2D eigenvalue weighted by Gasteiger charge is -2.38. The number of halogens is 2. The molecule has 1 fully saturated rings. The molecule has 126 valence electrons. The molecule has 1 atom stereocenters. The van der Waals surface area contributed by atoms with Gasteiger partial charge in [0, 0.05) is 38.4 Å². The molecule has 1 aliphatic heterocycles. The molecule has 2 aromatic rings. The Hall–Kier alpha value is -1.62. The summed E-state index contributed by atoms with van der Waals surface area (Å²) in [6.07, 6.45) is 1.44. The van der Waals surface area contributed by atoms with E-state index in [9.17, 15) is 4.79 Å². The topological polar surface area (TPSA) is 36.4 Å². The van der Waals surface area contributed by atoms with Crippen molar-refractivity contribution in [2.24, 2.45) is 0 Å². The van der Waals surface area contributed by atoms with Crippen molar-refractivity contribution in [3.63, 3.8) is 0 Å². The summed E-state index contributed by atoms with van der Waals surface area (Å²) in [6, 6.07) is 12.3. The zero-order valence-corrected chi connectivity index (χ0v) is 15.0. The van der Waals surface area contributed by atoms with Crippen LogP contribution in [0.1, 0.15) is 28.9 Å². The molecule has 0 spiro atoms. The normalized spacial score (nSPS) is 16.9. The van der Waals surface area contributed by atoms with E-state index >= 15 is 0 Å². The number of piperazine rings is 1. The van der Waals surface area contributed by atoms with E-state index in [1.54, 1.807) is 6.07 Å². The molecule has 0 radical (unpaired) electrons. The zero-order chi connectivity index (χ0) is 17.1.